The molecule has 0 atom stereocenters. The van der Waals surface area contributed by atoms with E-state index in [4.69, 9.17) is 11.0 Å². The molecule has 28 heavy (non-hydrogen) atoms. The topological polar surface area (TPSA) is 78.9 Å². The van der Waals surface area contributed by atoms with Gasteiger partial charge >= 0.3 is 0 Å². The second-order valence-corrected chi connectivity index (χ2v) is 8.03. The zero-order chi connectivity index (χ0) is 20.4. The predicted octanol–water partition coefficient (Wildman–Crippen LogP) is 4.67. The normalized spacial score (nSPS) is 14.9. The minimum absolute atomic E-state index is 0.0534. The van der Waals surface area contributed by atoms with Gasteiger partial charge in [-0.15, -0.1) is 11.8 Å². The smallest absolute Gasteiger partial charge is 0.240 e. The molecule has 4 nitrogen and oxygen atoms in total. The zero-order valence-corrected chi connectivity index (χ0v) is 17.5. The summed E-state index contributed by atoms with van der Waals surface area (Å²) < 4.78 is 0. The molecule has 0 heterocycles. The van der Waals surface area contributed by atoms with Crippen LogP contribution in [0.1, 0.15) is 37.7 Å². The molecule has 2 aromatic rings. The average molecular weight is 396 g/mol. The molecule has 0 radical (unpaired) electrons. The summed E-state index contributed by atoms with van der Waals surface area (Å²) in [6, 6.07) is 19.2. The molecule has 1 amide bonds. The van der Waals surface area contributed by atoms with Crippen molar-refractivity contribution in [2.75, 3.05) is 12.8 Å². The number of hydrogen-bond donors (Lipinski definition) is 2. The molecule has 0 saturated heterocycles. The van der Waals surface area contributed by atoms with Crippen molar-refractivity contribution in [3.63, 3.8) is 0 Å². The van der Waals surface area contributed by atoms with E-state index in [1.165, 1.54) is 21.6 Å². The van der Waals surface area contributed by atoms with Crippen molar-refractivity contribution < 1.29 is 4.79 Å². The van der Waals surface area contributed by atoms with Crippen molar-refractivity contribution in [3.8, 4) is 17.2 Å². The highest BCUT2D eigenvalue weighted by Crippen LogP contribution is 2.26. The first kappa shape index (κ1) is 22.0. The molecule has 0 aliphatic heterocycles. The van der Waals surface area contributed by atoms with Crippen molar-refractivity contribution in [2.24, 2.45) is 5.73 Å². The Labute approximate surface area is 172 Å². The van der Waals surface area contributed by atoms with Crippen molar-refractivity contribution in [2.45, 2.75) is 49.5 Å². The first-order valence-electron chi connectivity index (χ1n) is 9.64. The van der Waals surface area contributed by atoms with Gasteiger partial charge in [0, 0.05) is 4.90 Å². The molecule has 0 spiro atoms. The molecular formula is C23H29N3OS. The summed E-state index contributed by atoms with van der Waals surface area (Å²) in [7, 11) is 0. The minimum Gasteiger partial charge on any atom is -0.341 e. The van der Waals surface area contributed by atoms with Gasteiger partial charge in [0.05, 0.1) is 11.6 Å². The van der Waals surface area contributed by atoms with Crippen LogP contribution in [0.3, 0.4) is 0 Å². The molecule has 0 aromatic heterocycles. The molecule has 1 aliphatic rings. The Kier molecular flexibility index (Phi) is 8.56. The number of hydrogen-bond acceptors (Lipinski definition) is 4. The molecule has 1 aliphatic carbocycles. The number of benzene rings is 2. The lowest BCUT2D eigenvalue weighted by Gasteiger charge is -2.31. The third kappa shape index (κ3) is 6.40. The van der Waals surface area contributed by atoms with Gasteiger partial charge in [-0.3, -0.25) is 4.79 Å². The second-order valence-electron chi connectivity index (χ2n) is 7.15. The number of thioether (sulfide) groups is 1. The van der Waals surface area contributed by atoms with Crippen molar-refractivity contribution >= 4 is 17.7 Å². The van der Waals surface area contributed by atoms with Crippen LogP contribution in [0, 0.1) is 18.3 Å². The quantitative estimate of drug-likeness (QED) is 0.582. The Bertz CT molecular complexity index is 788. The summed E-state index contributed by atoms with van der Waals surface area (Å²) in [5.41, 5.74) is 9.08. The number of carbonyl (C=O) groups excluding carboxylic acids is 1. The Morgan fingerprint density at radius 3 is 2.11 bits per heavy atom. The lowest BCUT2D eigenvalue weighted by Crippen LogP contribution is -2.55. The number of amides is 1. The maximum absolute atomic E-state index is 11.5. The lowest BCUT2D eigenvalue weighted by molar-refractivity contribution is -0.127. The molecular weight excluding hydrogens is 366 g/mol. The van der Waals surface area contributed by atoms with Gasteiger partial charge in [0.15, 0.2) is 0 Å². The fourth-order valence-corrected chi connectivity index (χ4v) is 3.64. The monoisotopic (exact) mass is 395 g/mol. The first-order chi connectivity index (χ1) is 13.5. The Hall–Kier alpha value is -2.29. The van der Waals surface area contributed by atoms with Gasteiger partial charge in [-0.25, -0.2) is 0 Å². The van der Waals surface area contributed by atoms with Gasteiger partial charge in [-0.1, -0.05) is 61.2 Å². The summed E-state index contributed by atoms with van der Waals surface area (Å²) in [5, 5.41) is 10.8. The molecule has 148 valence electrons. The molecule has 1 saturated carbocycles. The summed E-state index contributed by atoms with van der Waals surface area (Å²) in [6.45, 7) is 2.17. The van der Waals surface area contributed by atoms with E-state index in [-0.39, 0.29) is 12.5 Å². The second kappa shape index (κ2) is 10.9. The van der Waals surface area contributed by atoms with Crippen molar-refractivity contribution in [1.29, 1.82) is 5.26 Å². The van der Waals surface area contributed by atoms with Gasteiger partial charge in [-0.2, -0.15) is 5.26 Å². The third-order valence-electron chi connectivity index (χ3n) is 5.00. The summed E-state index contributed by atoms with van der Waals surface area (Å²) in [4.78, 5) is 12.8. The van der Waals surface area contributed by atoms with E-state index < -0.39 is 5.54 Å². The standard InChI is InChI=1S/C14H14S.C9H15N3O/c1-11-3-5-12(6-4-11)13-7-9-14(15-2)10-8-13;10-6-7-12-8(13)9(11)4-2-1-3-5-9/h3-10H,1-2H3;1-5,7,11H2,(H,12,13). The molecule has 0 unspecified atom stereocenters. The van der Waals surface area contributed by atoms with Crippen LogP contribution in [0.15, 0.2) is 53.4 Å². The highest BCUT2D eigenvalue weighted by atomic mass is 32.2. The Morgan fingerprint density at radius 2 is 1.61 bits per heavy atom. The van der Waals surface area contributed by atoms with Crippen LogP contribution in [-0.2, 0) is 4.79 Å². The maximum Gasteiger partial charge on any atom is 0.240 e. The fraction of sp³-hybridized carbons (Fsp3) is 0.391. The SMILES string of the molecule is CSc1ccc(-c2ccc(C)cc2)cc1.N#CCNC(=O)C1(N)CCCCC1. The van der Waals surface area contributed by atoms with Crippen LogP contribution in [-0.4, -0.2) is 24.2 Å². The molecule has 0 bridgehead atoms. The Morgan fingerprint density at radius 1 is 1.07 bits per heavy atom. The number of aryl methyl sites for hydroxylation is 1. The number of nitrogens with zero attached hydrogens (tertiary/aromatic N) is 1. The highest BCUT2D eigenvalue weighted by molar-refractivity contribution is 7.98. The van der Waals surface area contributed by atoms with Gasteiger partial charge in [-0.05, 0) is 49.3 Å². The van der Waals surface area contributed by atoms with Crippen LogP contribution in [0.2, 0.25) is 0 Å². The molecule has 5 heteroatoms. The summed E-state index contributed by atoms with van der Waals surface area (Å²) in [5.74, 6) is -0.172. The van der Waals surface area contributed by atoms with E-state index in [1.807, 2.05) is 6.07 Å². The fourth-order valence-electron chi connectivity index (χ4n) is 3.24. The minimum atomic E-state index is -0.713. The zero-order valence-electron chi connectivity index (χ0n) is 16.7. The van der Waals surface area contributed by atoms with Gasteiger partial charge < -0.3 is 11.1 Å². The number of nitrogens with two attached hydrogens (primary N) is 1. The number of nitrogens with one attached hydrogen (secondary N) is 1. The van der Waals surface area contributed by atoms with E-state index in [9.17, 15) is 4.79 Å². The molecule has 3 rings (SSSR count). The Balaban J connectivity index is 0.000000203. The first-order valence-corrected chi connectivity index (χ1v) is 10.9. The largest absolute Gasteiger partial charge is 0.341 e. The van der Waals surface area contributed by atoms with Crippen LogP contribution < -0.4 is 11.1 Å². The summed E-state index contributed by atoms with van der Waals surface area (Å²) >= 11 is 1.78. The molecule has 2 aromatic carbocycles. The number of carbonyl (C=O) groups is 1. The molecule has 1 fully saturated rings. The van der Waals surface area contributed by atoms with Gasteiger partial charge in [0.2, 0.25) is 5.91 Å². The number of rotatable bonds is 4. The van der Waals surface area contributed by atoms with Crippen LogP contribution in [0.5, 0.6) is 0 Å². The van der Waals surface area contributed by atoms with Crippen LogP contribution >= 0.6 is 11.8 Å². The van der Waals surface area contributed by atoms with E-state index in [0.29, 0.717) is 0 Å². The number of nitriles is 1. The molecule has 3 N–H and O–H groups in total. The van der Waals surface area contributed by atoms with E-state index in [2.05, 4.69) is 67.0 Å². The third-order valence-corrected chi connectivity index (χ3v) is 5.74. The van der Waals surface area contributed by atoms with E-state index in [1.54, 1.807) is 11.8 Å². The van der Waals surface area contributed by atoms with Gasteiger partial charge in [0.1, 0.15) is 6.54 Å². The average Bonchev–Trinajstić information content (AvgIpc) is 2.73. The van der Waals surface area contributed by atoms with E-state index in [0.717, 1.165) is 32.1 Å². The lowest BCUT2D eigenvalue weighted by atomic mass is 9.82. The van der Waals surface area contributed by atoms with Crippen LogP contribution in [0.25, 0.3) is 11.1 Å². The van der Waals surface area contributed by atoms with Crippen molar-refractivity contribution in [1.82, 2.24) is 5.32 Å². The summed E-state index contributed by atoms with van der Waals surface area (Å²) in [6.07, 6.45) is 6.76. The van der Waals surface area contributed by atoms with Gasteiger partial charge in [0.25, 0.3) is 0 Å². The van der Waals surface area contributed by atoms with Crippen LogP contribution in [0.4, 0.5) is 0 Å². The van der Waals surface area contributed by atoms with Crippen molar-refractivity contribution in [3.05, 3.63) is 54.1 Å². The maximum atomic E-state index is 11.5. The predicted molar refractivity (Wildman–Crippen MR) is 117 cm³/mol. The van der Waals surface area contributed by atoms with E-state index >= 15 is 0 Å². The highest BCUT2D eigenvalue weighted by Gasteiger charge is 2.34.